The van der Waals surface area contributed by atoms with E-state index in [0.717, 1.165) is 12.5 Å². The van der Waals surface area contributed by atoms with E-state index in [0.29, 0.717) is 5.54 Å². The third-order valence-electron chi connectivity index (χ3n) is 5.36. The molecule has 2 nitrogen and oxygen atoms in total. The van der Waals surface area contributed by atoms with Crippen LogP contribution in [0.25, 0.3) is 0 Å². The van der Waals surface area contributed by atoms with E-state index < -0.39 is 0 Å². The third kappa shape index (κ3) is 2.59. The fourth-order valence-electron chi connectivity index (χ4n) is 4.04. The van der Waals surface area contributed by atoms with Crippen LogP contribution in [0, 0.1) is 5.92 Å². The van der Waals surface area contributed by atoms with E-state index >= 15 is 0 Å². The van der Waals surface area contributed by atoms with Gasteiger partial charge in [0, 0.05) is 17.9 Å². The SMILES string of the molecule is CC1(C2CCOC3(CCSC3)C2)CCCCCN1. The van der Waals surface area contributed by atoms with Gasteiger partial charge < -0.3 is 10.1 Å². The molecule has 0 radical (unpaired) electrons. The Morgan fingerprint density at radius 3 is 3.00 bits per heavy atom. The molecule has 3 heteroatoms. The third-order valence-corrected chi connectivity index (χ3v) is 6.59. The molecule has 3 atom stereocenters. The van der Waals surface area contributed by atoms with Crippen LogP contribution in [0.1, 0.15) is 51.9 Å². The number of hydrogen-bond acceptors (Lipinski definition) is 3. The Labute approximate surface area is 116 Å². The van der Waals surface area contributed by atoms with Gasteiger partial charge in [0.2, 0.25) is 0 Å². The van der Waals surface area contributed by atoms with E-state index in [-0.39, 0.29) is 5.60 Å². The highest BCUT2D eigenvalue weighted by molar-refractivity contribution is 7.99. The first-order chi connectivity index (χ1) is 8.73. The van der Waals surface area contributed by atoms with Crippen molar-refractivity contribution in [3.05, 3.63) is 0 Å². The van der Waals surface area contributed by atoms with Crippen molar-refractivity contribution in [2.75, 3.05) is 24.7 Å². The Morgan fingerprint density at radius 2 is 2.17 bits per heavy atom. The van der Waals surface area contributed by atoms with Crippen molar-refractivity contribution in [3.8, 4) is 0 Å². The second-order valence-electron chi connectivity index (χ2n) is 6.68. The molecule has 3 saturated heterocycles. The summed E-state index contributed by atoms with van der Waals surface area (Å²) < 4.78 is 6.18. The Morgan fingerprint density at radius 1 is 1.22 bits per heavy atom. The summed E-state index contributed by atoms with van der Waals surface area (Å²) in [4.78, 5) is 0. The highest BCUT2D eigenvalue weighted by Crippen LogP contribution is 2.44. The maximum Gasteiger partial charge on any atom is 0.0783 e. The van der Waals surface area contributed by atoms with Crippen LogP contribution in [0.15, 0.2) is 0 Å². The molecule has 3 aliphatic rings. The van der Waals surface area contributed by atoms with Crippen LogP contribution in [-0.2, 0) is 4.74 Å². The molecule has 0 aromatic rings. The molecule has 104 valence electrons. The molecule has 18 heavy (non-hydrogen) atoms. The molecule has 3 unspecified atom stereocenters. The maximum absolute atomic E-state index is 6.18. The minimum atomic E-state index is 0.241. The molecular weight excluding hydrogens is 242 g/mol. The van der Waals surface area contributed by atoms with E-state index in [9.17, 15) is 0 Å². The molecule has 1 N–H and O–H groups in total. The lowest BCUT2D eigenvalue weighted by molar-refractivity contribution is -0.0948. The zero-order chi connectivity index (χ0) is 12.5. The number of thioether (sulfide) groups is 1. The van der Waals surface area contributed by atoms with Crippen LogP contribution in [-0.4, -0.2) is 35.8 Å². The van der Waals surface area contributed by atoms with Gasteiger partial charge in [0.15, 0.2) is 0 Å². The van der Waals surface area contributed by atoms with Crippen LogP contribution in [0.4, 0.5) is 0 Å². The summed E-state index contributed by atoms with van der Waals surface area (Å²) >= 11 is 2.09. The molecule has 3 rings (SSSR count). The lowest BCUT2D eigenvalue weighted by atomic mass is 9.72. The maximum atomic E-state index is 6.18. The quantitative estimate of drug-likeness (QED) is 0.790. The summed E-state index contributed by atoms with van der Waals surface area (Å²) in [7, 11) is 0. The minimum Gasteiger partial charge on any atom is -0.374 e. The zero-order valence-corrected chi connectivity index (χ0v) is 12.5. The summed E-state index contributed by atoms with van der Waals surface area (Å²) in [5.74, 6) is 3.36. The molecule has 0 aromatic carbocycles. The van der Waals surface area contributed by atoms with Gasteiger partial charge in [-0.25, -0.2) is 0 Å². The predicted molar refractivity (Wildman–Crippen MR) is 78.2 cm³/mol. The summed E-state index contributed by atoms with van der Waals surface area (Å²) in [5, 5.41) is 3.87. The van der Waals surface area contributed by atoms with Gasteiger partial charge in [-0.2, -0.15) is 11.8 Å². The molecule has 1 spiro atoms. The van der Waals surface area contributed by atoms with Crippen molar-refractivity contribution < 1.29 is 4.74 Å². The lowest BCUT2D eigenvalue weighted by Gasteiger charge is -2.46. The molecule has 3 heterocycles. The monoisotopic (exact) mass is 269 g/mol. The standard InChI is InChI=1S/C15H27NOS/c1-14(6-3-2-4-8-16-14)13-5-9-17-15(11-13)7-10-18-12-15/h13,16H,2-12H2,1H3. The summed E-state index contributed by atoms with van der Waals surface area (Å²) in [5.41, 5.74) is 0.616. The molecule has 0 saturated carbocycles. The molecule has 3 aliphatic heterocycles. The van der Waals surface area contributed by atoms with Crippen molar-refractivity contribution in [1.29, 1.82) is 0 Å². The highest BCUT2D eigenvalue weighted by Gasteiger charge is 2.46. The van der Waals surface area contributed by atoms with Gasteiger partial charge in [0.1, 0.15) is 0 Å². The van der Waals surface area contributed by atoms with Crippen LogP contribution < -0.4 is 5.32 Å². The van der Waals surface area contributed by atoms with Crippen molar-refractivity contribution in [2.24, 2.45) is 5.92 Å². The number of ether oxygens (including phenoxy) is 1. The average molecular weight is 269 g/mol. The Hall–Kier alpha value is 0.270. The van der Waals surface area contributed by atoms with Gasteiger partial charge in [0.05, 0.1) is 5.60 Å². The van der Waals surface area contributed by atoms with Gasteiger partial charge in [-0.3, -0.25) is 0 Å². The zero-order valence-electron chi connectivity index (χ0n) is 11.7. The molecule has 0 aromatic heterocycles. The van der Waals surface area contributed by atoms with Crippen molar-refractivity contribution >= 4 is 11.8 Å². The smallest absolute Gasteiger partial charge is 0.0783 e. The van der Waals surface area contributed by atoms with Gasteiger partial charge in [-0.05, 0) is 57.2 Å². The van der Waals surface area contributed by atoms with E-state index in [2.05, 4.69) is 24.0 Å². The van der Waals surface area contributed by atoms with Gasteiger partial charge in [0.25, 0.3) is 0 Å². The second kappa shape index (κ2) is 5.34. The topological polar surface area (TPSA) is 21.3 Å². The predicted octanol–water partition coefficient (Wildman–Crippen LogP) is 3.21. The Kier molecular flexibility index (Phi) is 3.93. The molecular formula is C15H27NOS. The van der Waals surface area contributed by atoms with Crippen molar-refractivity contribution in [3.63, 3.8) is 0 Å². The van der Waals surface area contributed by atoms with Crippen molar-refractivity contribution in [2.45, 2.75) is 63.0 Å². The molecule has 0 bridgehead atoms. The Bertz CT molecular complexity index is 280. The highest BCUT2D eigenvalue weighted by atomic mass is 32.2. The van der Waals surface area contributed by atoms with Crippen LogP contribution in [0.3, 0.4) is 0 Å². The fraction of sp³-hybridized carbons (Fsp3) is 1.00. The van der Waals surface area contributed by atoms with E-state index in [1.165, 1.54) is 63.0 Å². The fourth-order valence-corrected chi connectivity index (χ4v) is 5.42. The van der Waals surface area contributed by atoms with E-state index in [1.807, 2.05) is 0 Å². The first kappa shape index (κ1) is 13.3. The van der Waals surface area contributed by atoms with Gasteiger partial charge in [-0.1, -0.05) is 12.8 Å². The van der Waals surface area contributed by atoms with Crippen LogP contribution in [0.5, 0.6) is 0 Å². The average Bonchev–Trinajstić information content (AvgIpc) is 2.69. The summed E-state index contributed by atoms with van der Waals surface area (Å²) in [6.07, 6.45) is 9.37. The van der Waals surface area contributed by atoms with E-state index in [4.69, 9.17) is 4.74 Å². The van der Waals surface area contributed by atoms with Gasteiger partial charge >= 0.3 is 0 Å². The minimum absolute atomic E-state index is 0.241. The Balaban J connectivity index is 1.70. The van der Waals surface area contributed by atoms with Crippen LogP contribution >= 0.6 is 11.8 Å². The number of nitrogens with one attached hydrogen (secondary N) is 1. The van der Waals surface area contributed by atoms with Crippen molar-refractivity contribution in [1.82, 2.24) is 5.32 Å². The second-order valence-corrected chi connectivity index (χ2v) is 7.78. The largest absolute Gasteiger partial charge is 0.374 e. The molecule has 0 aliphatic carbocycles. The van der Waals surface area contributed by atoms with Gasteiger partial charge in [-0.15, -0.1) is 0 Å². The first-order valence-electron chi connectivity index (χ1n) is 7.69. The number of hydrogen-bond donors (Lipinski definition) is 1. The summed E-state index contributed by atoms with van der Waals surface area (Å²) in [6.45, 7) is 4.68. The number of rotatable bonds is 1. The lowest BCUT2D eigenvalue weighted by Crippen LogP contribution is -2.54. The van der Waals surface area contributed by atoms with E-state index in [1.54, 1.807) is 0 Å². The molecule has 3 fully saturated rings. The summed E-state index contributed by atoms with van der Waals surface area (Å²) in [6, 6.07) is 0. The first-order valence-corrected chi connectivity index (χ1v) is 8.85. The van der Waals surface area contributed by atoms with Crippen LogP contribution in [0.2, 0.25) is 0 Å². The normalized spacial score (nSPS) is 46.2. The molecule has 0 amide bonds.